The zero-order chi connectivity index (χ0) is 38.6. The molecule has 0 atom stereocenters. The van der Waals surface area contributed by atoms with Crippen LogP contribution in [0.2, 0.25) is 0 Å². The van der Waals surface area contributed by atoms with Crippen molar-refractivity contribution in [3.63, 3.8) is 0 Å². The van der Waals surface area contributed by atoms with Crippen LogP contribution in [0.4, 0.5) is 0 Å². The van der Waals surface area contributed by atoms with E-state index in [0.717, 1.165) is 0 Å². The predicted octanol–water partition coefficient (Wildman–Crippen LogP) is 15.7. The highest BCUT2D eigenvalue weighted by Crippen LogP contribution is 2.52. The highest BCUT2D eigenvalue weighted by molar-refractivity contribution is 7.99. The molecule has 0 amide bonds. The molecular formula is C56H34N2S. The van der Waals surface area contributed by atoms with Crippen LogP contribution < -0.4 is 0 Å². The molecule has 1 aliphatic rings. The number of para-hydroxylation sites is 3. The van der Waals surface area contributed by atoms with Gasteiger partial charge in [-0.2, -0.15) is 0 Å². The fraction of sp³-hybridized carbons (Fsp3) is 0. The van der Waals surface area contributed by atoms with Gasteiger partial charge in [-0.15, -0.1) is 0 Å². The van der Waals surface area contributed by atoms with Gasteiger partial charge in [0.25, 0.3) is 0 Å². The van der Waals surface area contributed by atoms with Crippen LogP contribution in [0.1, 0.15) is 0 Å². The van der Waals surface area contributed by atoms with Crippen molar-refractivity contribution in [3.05, 3.63) is 206 Å². The molecule has 3 heterocycles. The Morgan fingerprint density at radius 2 is 0.966 bits per heavy atom. The first-order valence-electron chi connectivity index (χ1n) is 20.3. The number of hydrogen-bond donors (Lipinski definition) is 0. The van der Waals surface area contributed by atoms with E-state index in [1.54, 1.807) is 0 Å². The van der Waals surface area contributed by atoms with E-state index in [2.05, 4.69) is 215 Å². The number of fused-ring (bicyclic) bond motifs is 10. The molecule has 0 unspecified atom stereocenters. The molecule has 10 aromatic carbocycles. The zero-order valence-electron chi connectivity index (χ0n) is 31.9. The van der Waals surface area contributed by atoms with Gasteiger partial charge in [0.15, 0.2) is 0 Å². The summed E-state index contributed by atoms with van der Waals surface area (Å²) >= 11 is 1.90. The van der Waals surface area contributed by atoms with Crippen LogP contribution >= 0.6 is 11.8 Å². The summed E-state index contributed by atoms with van der Waals surface area (Å²) in [6.07, 6.45) is 0. The summed E-state index contributed by atoms with van der Waals surface area (Å²) in [5, 5.41) is 10.2. The number of nitrogens with zero attached hydrogens (tertiary/aromatic N) is 2. The van der Waals surface area contributed by atoms with Crippen molar-refractivity contribution in [2.24, 2.45) is 0 Å². The lowest BCUT2D eigenvalue weighted by Crippen LogP contribution is -1.98. The van der Waals surface area contributed by atoms with E-state index in [4.69, 9.17) is 0 Å². The summed E-state index contributed by atoms with van der Waals surface area (Å²) in [7, 11) is 0. The molecule has 0 aliphatic carbocycles. The molecule has 0 spiro atoms. The van der Waals surface area contributed by atoms with Crippen molar-refractivity contribution < 1.29 is 0 Å². The fourth-order valence-corrected chi connectivity index (χ4v) is 11.0. The zero-order valence-corrected chi connectivity index (χ0v) is 32.7. The van der Waals surface area contributed by atoms with Crippen LogP contribution in [-0.2, 0) is 0 Å². The lowest BCUT2D eigenvalue weighted by Gasteiger charge is -2.22. The Hall–Kier alpha value is -7.33. The smallest absolute Gasteiger partial charge is 0.0553 e. The van der Waals surface area contributed by atoms with Gasteiger partial charge in [-0.25, -0.2) is 0 Å². The van der Waals surface area contributed by atoms with Gasteiger partial charge < -0.3 is 9.13 Å². The standard InChI is InChI=1S/C56H34N2S/c1-3-14-35(15-4-1)36-27-29-50-46(31-36)42-20-9-11-23-48(42)58(50)51-32-39(30-38-16-7-8-19-41(38)51)37-26-28-43-47-34-52-55(45-22-13-25-53(56(45)47)59-54(43)33-37)44-21-10-12-24-49(44)57(52)40-17-5-2-6-18-40/h1-34H. The second kappa shape index (κ2) is 12.6. The van der Waals surface area contributed by atoms with Crippen LogP contribution in [0.15, 0.2) is 216 Å². The molecule has 0 radical (unpaired) electrons. The van der Waals surface area contributed by atoms with Crippen molar-refractivity contribution in [1.82, 2.24) is 9.13 Å². The van der Waals surface area contributed by atoms with Crippen molar-refractivity contribution >= 4 is 76.9 Å². The number of benzene rings is 10. The SMILES string of the molecule is c1ccc(-c2ccc3c(c2)c2ccccc2n3-c2cc(-c3ccc4c(c3)Sc3cccc5c3c-4cc3c5c4ccccc4n3-c3ccccc3)cc3ccccc23)cc1. The first-order chi connectivity index (χ1) is 29.3. The van der Waals surface area contributed by atoms with Crippen molar-refractivity contribution in [1.29, 1.82) is 0 Å². The molecule has 1 aliphatic heterocycles. The van der Waals surface area contributed by atoms with E-state index < -0.39 is 0 Å². The minimum absolute atomic E-state index is 1.18. The molecule has 2 aromatic heterocycles. The molecule has 3 heteroatoms. The third-order valence-corrected chi connectivity index (χ3v) is 13.6. The molecule has 0 N–H and O–H groups in total. The average Bonchev–Trinajstić information content (AvgIpc) is 3.81. The van der Waals surface area contributed by atoms with E-state index in [1.807, 2.05) is 11.8 Å². The van der Waals surface area contributed by atoms with Crippen molar-refractivity contribution in [3.8, 4) is 44.8 Å². The van der Waals surface area contributed by atoms with Gasteiger partial charge in [0.05, 0.1) is 27.8 Å². The molecule has 274 valence electrons. The molecular weight excluding hydrogens is 733 g/mol. The number of rotatable bonds is 4. The van der Waals surface area contributed by atoms with E-state index in [9.17, 15) is 0 Å². The Morgan fingerprint density at radius 3 is 1.81 bits per heavy atom. The molecule has 0 saturated carbocycles. The lowest BCUT2D eigenvalue weighted by molar-refractivity contribution is 1.18. The number of hydrogen-bond acceptors (Lipinski definition) is 1. The second-order valence-corrected chi connectivity index (χ2v) is 16.7. The fourth-order valence-electron chi connectivity index (χ4n) is 9.87. The highest BCUT2D eigenvalue weighted by atomic mass is 32.2. The van der Waals surface area contributed by atoms with E-state index in [-0.39, 0.29) is 0 Å². The van der Waals surface area contributed by atoms with Crippen LogP contribution in [0, 0.1) is 0 Å². The first kappa shape index (κ1) is 32.7. The molecule has 0 fully saturated rings. The van der Waals surface area contributed by atoms with E-state index >= 15 is 0 Å². The van der Waals surface area contributed by atoms with Gasteiger partial charge in [0.2, 0.25) is 0 Å². The Labute approximate surface area is 345 Å². The Kier molecular flexibility index (Phi) is 6.98. The van der Waals surface area contributed by atoms with Gasteiger partial charge in [-0.3, -0.25) is 0 Å². The maximum absolute atomic E-state index is 2.48. The van der Waals surface area contributed by atoms with Crippen LogP contribution in [0.25, 0.3) is 110 Å². The lowest BCUT2D eigenvalue weighted by atomic mass is 9.92. The summed E-state index contributed by atoms with van der Waals surface area (Å²) in [5.74, 6) is 0. The molecule has 2 nitrogen and oxygen atoms in total. The minimum atomic E-state index is 1.18. The van der Waals surface area contributed by atoms with Gasteiger partial charge in [0.1, 0.15) is 0 Å². The summed E-state index contributed by atoms with van der Waals surface area (Å²) in [5.41, 5.74) is 14.7. The molecule has 59 heavy (non-hydrogen) atoms. The summed E-state index contributed by atoms with van der Waals surface area (Å²) in [6.45, 7) is 0. The van der Waals surface area contributed by atoms with Gasteiger partial charge in [-0.1, -0.05) is 151 Å². The summed E-state index contributed by atoms with van der Waals surface area (Å²) in [6, 6.07) is 76.2. The van der Waals surface area contributed by atoms with Crippen LogP contribution in [0.5, 0.6) is 0 Å². The van der Waals surface area contributed by atoms with Crippen molar-refractivity contribution in [2.75, 3.05) is 0 Å². The average molecular weight is 767 g/mol. The summed E-state index contributed by atoms with van der Waals surface area (Å²) < 4.78 is 4.92. The predicted molar refractivity (Wildman–Crippen MR) is 251 cm³/mol. The number of aromatic nitrogens is 2. The van der Waals surface area contributed by atoms with Gasteiger partial charge in [0, 0.05) is 47.8 Å². The molecule has 0 saturated heterocycles. The Balaban J connectivity index is 1.02. The Morgan fingerprint density at radius 1 is 0.305 bits per heavy atom. The molecule has 12 aromatic rings. The van der Waals surface area contributed by atoms with Gasteiger partial charge in [-0.05, 0) is 111 Å². The van der Waals surface area contributed by atoms with Gasteiger partial charge >= 0.3 is 0 Å². The van der Waals surface area contributed by atoms with E-state index in [1.165, 1.54) is 120 Å². The molecule has 13 rings (SSSR count). The van der Waals surface area contributed by atoms with Crippen molar-refractivity contribution in [2.45, 2.75) is 9.79 Å². The topological polar surface area (TPSA) is 9.86 Å². The second-order valence-electron chi connectivity index (χ2n) is 15.7. The molecule has 0 bridgehead atoms. The third kappa shape index (κ3) is 4.83. The van der Waals surface area contributed by atoms with Crippen LogP contribution in [-0.4, -0.2) is 9.13 Å². The maximum atomic E-state index is 2.48. The van der Waals surface area contributed by atoms with Crippen LogP contribution in [0.3, 0.4) is 0 Å². The Bertz CT molecular complexity index is 3690. The maximum Gasteiger partial charge on any atom is 0.0553 e. The quantitative estimate of drug-likeness (QED) is 0.173. The normalized spacial score (nSPS) is 12.3. The first-order valence-corrected chi connectivity index (χ1v) is 21.1. The minimum Gasteiger partial charge on any atom is -0.309 e. The van der Waals surface area contributed by atoms with E-state index in [0.29, 0.717) is 0 Å². The highest BCUT2D eigenvalue weighted by Gasteiger charge is 2.25. The largest absolute Gasteiger partial charge is 0.309 e. The summed E-state index contributed by atoms with van der Waals surface area (Å²) in [4.78, 5) is 2.59. The third-order valence-electron chi connectivity index (χ3n) is 12.5. The monoisotopic (exact) mass is 766 g/mol.